The van der Waals surface area contributed by atoms with Crippen LogP contribution < -0.4 is 0 Å². The van der Waals surface area contributed by atoms with Gasteiger partial charge in [-0.2, -0.15) is 0 Å². The number of aliphatic carboxylic acids is 1. The molecule has 7 heteroatoms. The number of benzene rings is 1. The Hall–Kier alpha value is -2.28. The van der Waals surface area contributed by atoms with Crippen LogP contribution >= 0.6 is 11.5 Å². The number of carboxylic acids is 1. The summed E-state index contributed by atoms with van der Waals surface area (Å²) in [7, 11) is 0. The van der Waals surface area contributed by atoms with Crippen LogP contribution in [-0.4, -0.2) is 38.0 Å². The van der Waals surface area contributed by atoms with Crippen LogP contribution in [0.15, 0.2) is 30.3 Å². The average Bonchev–Trinajstić information content (AvgIpc) is 2.92. The van der Waals surface area contributed by atoms with Gasteiger partial charge < -0.3 is 10.0 Å². The van der Waals surface area contributed by atoms with Crippen LogP contribution in [0, 0.1) is 6.92 Å². The Morgan fingerprint density at radius 3 is 2.59 bits per heavy atom. The molecule has 1 amide bonds. The Morgan fingerprint density at radius 1 is 1.27 bits per heavy atom. The lowest BCUT2D eigenvalue weighted by Gasteiger charge is -2.22. The molecular formula is C15H17N3O3S. The molecule has 2 rings (SSSR count). The molecule has 0 atom stereocenters. The van der Waals surface area contributed by atoms with E-state index in [1.165, 1.54) is 0 Å². The van der Waals surface area contributed by atoms with E-state index in [1.807, 2.05) is 30.3 Å². The number of carboxylic acid groups (broad SMARTS) is 1. The molecule has 0 spiro atoms. The minimum absolute atomic E-state index is 0.0402. The summed E-state index contributed by atoms with van der Waals surface area (Å²) in [4.78, 5) is 25.4. The zero-order valence-corrected chi connectivity index (χ0v) is 13.0. The number of amides is 1. The van der Waals surface area contributed by atoms with E-state index >= 15 is 0 Å². The number of carbonyl (C=O) groups is 2. The average molecular weight is 319 g/mol. The van der Waals surface area contributed by atoms with Gasteiger partial charge in [0, 0.05) is 19.5 Å². The molecule has 0 aliphatic rings. The molecule has 6 nitrogen and oxygen atoms in total. The van der Waals surface area contributed by atoms with Crippen molar-refractivity contribution in [2.24, 2.45) is 0 Å². The molecular weight excluding hydrogens is 302 g/mol. The number of hydrogen-bond donors (Lipinski definition) is 1. The van der Waals surface area contributed by atoms with Crippen LogP contribution in [0.25, 0.3) is 0 Å². The van der Waals surface area contributed by atoms with Gasteiger partial charge in [-0.3, -0.25) is 9.59 Å². The van der Waals surface area contributed by atoms with E-state index in [1.54, 1.807) is 11.8 Å². The third kappa shape index (κ3) is 4.36. The van der Waals surface area contributed by atoms with Gasteiger partial charge in [-0.15, -0.1) is 5.10 Å². The second-order valence-electron chi connectivity index (χ2n) is 4.90. The van der Waals surface area contributed by atoms with Crippen LogP contribution in [0.5, 0.6) is 0 Å². The van der Waals surface area contributed by atoms with Crippen molar-refractivity contribution in [3.63, 3.8) is 0 Å². The number of rotatable bonds is 7. The number of aromatic nitrogens is 2. The second kappa shape index (κ2) is 7.65. The fourth-order valence-corrected chi connectivity index (χ4v) is 2.67. The lowest BCUT2D eigenvalue weighted by Crippen LogP contribution is -2.31. The summed E-state index contributed by atoms with van der Waals surface area (Å²) >= 11 is 1.07. The molecule has 1 aromatic carbocycles. The fourth-order valence-electron chi connectivity index (χ4n) is 2.05. The molecule has 0 bridgehead atoms. The molecule has 0 saturated carbocycles. The SMILES string of the molecule is Cc1nnsc1C(=O)N(CCCC(=O)O)Cc1ccccc1. The van der Waals surface area contributed by atoms with Gasteiger partial charge in [-0.1, -0.05) is 34.8 Å². The van der Waals surface area contributed by atoms with Crippen LogP contribution in [0.2, 0.25) is 0 Å². The molecule has 2 aromatic rings. The van der Waals surface area contributed by atoms with Gasteiger partial charge in [-0.25, -0.2) is 0 Å². The summed E-state index contributed by atoms with van der Waals surface area (Å²) in [6, 6.07) is 9.62. The number of hydrogen-bond acceptors (Lipinski definition) is 5. The molecule has 1 heterocycles. The monoisotopic (exact) mass is 319 g/mol. The first-order chi connectivity index (χ1) is 10.6. The number of aryl methyl sites for hydroxylation is 1. The van der Waals surface area contributed by atoms with E-state index < -0.39 is 5.97 Å². The van der Waals surface area contributed by atoms with E-state index in [0.717, 1.165) is 17.1 Å². The highest BCUT2D eigenvalue weighted by molar-refractivity contribution is 7.07. The summed E-state index contributed by atoms with van der Waals surface area (Å²) in [6.07, 6.45) is 0.456. The maximum Gasteiger partial charge on any atom is 0.303 e. The third-order valence-corrected chi connectivity index (χ3v) is 3.98. The van der Waals surface area contributed by atoms with Crippen molar-refractivity contribution in [1.29, 1.82) is 0 Å². The van der Waals surface area contributed by atoms with E-state index in [2.05, 4.69) is 9.59 Å². The lowest BCUT2D eigenvalue weighted by molar-refractivity contribution is -0.137. The highest BCUT2D eigenvalue weighted by Gasteiger charge is 2.21. The van der Waals surface area contributed by atoms with Crippen molar-refractivity contribution in [1.82, 2.24) is 14.5 Å². The standard InChI is InChI=1S/C15H17N3O3S/c1-11-14(22-17-16-11)15(21)18(9-5-8-13(19)20)10-12-6-3-2-4-7-12/h2-4,6-7H,5,8-10H2,1H3,(H,19,20). The number of carbonyl (C=O) groups excluding carboxylic acids is 1. The molecule has 116 valence electrons. The predicted molar refractivity (Wildman–Crippen MR) is 82.7 cm³/mol. The van der Waals surface area contributed by atoms with Crippen molar-refractivity contribution in [3.8, 4) is 0 Å². The Kier molecular flexibility index (Phi) is 5.60. The van der Waals surface area contributed by atoms with Crippen molar-refractivity contribution >= 4 is 23.4 Å². The lowest BCUT2D eigenvalue weighted by atomic mass is 10.2. The molecule has 0 radical (unpaired) electrons. The van der Waals surface area contributed by atoms with Crippen molar-refractivity contribution in [2.75, 3.05) is 6.54 Å². The Labute approximate surface area is 132 Å². The Bertz CT molecular complexity index is 642. The molecule has 1 aromatic heterocycles. The van der Waals surface area contributed by atoms with Crippen molar-refractivity contribution in [2.45, 2.75) is 26.3 Å². The third-order valence-electron chi connectivity index (χ3n) is 3.17. The number of nitrogens with zero attached hydrogens (tertiary/aromatic N) is 3. The first-order valence-electron chi connectivity index (χ1n) is 6.92. The summed E-state index contributed by atoms with van der Waals surface area (Å²) < 4.78 is 3.79. The second-order valence-corrected chi connectivity index (χ2v) is 5.65. The van der Waals surface area contributed by atoms with Crippen LogP contribution in [-0.2, 0) is 11.3 Å². The predicted octanol–water partition coefficient (Wildman–Crippen LogP) is 2.35. The maximum absolute atomic E-state index is 12.6. The van der Waals surface area contributed by atoms with Gasteiger partial charge >= 0.3 is 5.97 Å². The zero-order valence-electron chi connectivity index (χ0n) is 12.2. The van der Waals surface area contributed by atoms with Gasteiger partial charge in [0.1, 0.15) is 4.88 Å². The smallest absolute Gasteiger partial charge is 0.303 e. The Morgan fingerprint density at radius 2 is 2.00 bits per heavy atom. The summed E-state index contributed by atoms with van der Waals surface area (Å²) in [5.41, 5.74) is 1.60. The van der Waals surface area contributed by atoms with E-state index in [9.17, 15) is 9.59 Å². The molecule has 1 N–H and O–H groups in total. The van der Waals surface area contributed by atoms with E-state index in [0.29, 0.717) is 30.1 Å². The zero-order chi connectivity index (χ0) is 15.9. The molecule has 0 fully saturated rings. The normalized spacial score (nSPS) is 10.4. The largest absolute Gasteiger partial charge is 0.481 e. The van der Waals surface area contributed by atoms with Crippen molar-refractivity contribution in [3.05, 3.63) is 46.5 Å². The summed E-state index contributed by atoms with van der Waals surface area (Å²) in [5.74, 6) is -1.01. The van der Waals surface area contributed by atoms with Gasteiger partial charge in [0.25, 0.3) is 5.91 Å². The minimum Gasteiger partial charge on any atom is -0.481 e. The van der Waals surface area contributed by atoms with Gasteiger partial charge in [0.15, 0.2) is 0 Å². The molecule has 0 aliphatic carbocycles. The Balaban J connectivity index is 2.12. The fraction of sp³-hybridized carbons (Fsp3) is 0.333. The molecule has 0 saturated heterocycles. The summed E-state index contributed by atoms with van der Waals surface area (Å²) in [5, 5.41) is 12.6. The highest BCUT2D eigenvalue weighted by atomic mass is 32.1. The first-order valence-corrected chi connectivity index (χ1v) is 7.69. The van der Waals surface area contributed by atoms with E-state index in [-0.39, 0.29) is 12.3 Å². The highest BCUT2D eigenvalue weighted by Crippen LogP contribution is 2.16. The van der Waals surface area contributed by atoms with Crippen LogP contribution in [0.4, 0.5) is 0 Å². The summed E-state index contributed by atoms with van der Waals surface area (Å²) in [6.45, 7) is 2.57. The van der Waals surface area contributed by atoms with Gasteiger partial charge in [0.05, 0.1) is 5.69 Å². The van der Waals surface area contributed by atoms with Crippen LogP contribution in [0.1, 0.15) is 33.8 Å². The molecule has 22 heavy (non-hydrogen) atoms. The van der Waals surface area contributed by atoms with Gasteiger partial charge in [0.2, 0.25) is 0 Å². The van der Waals surface area contributed by atoms with Crippen LogP contribution in [0.3, 0.4) is 0 Å². The minimum atomic E-state index is -0.859. The molecule has 0 unspecified atom stereocenters. The molecule has 0 aliphatic heterocycles. The van der Waals surface area contributed by atoms with E-state index in [4.69, 9.17) is 5.11 Å². The first kappa shape index (κ1) is 16.1. The quantitative estimate of drug-likeness (QED) is 0.847. The topological polar surface area (TPSA) is 83.4 Å². The van der Waals surface area contributed by atoms with Crippen molar-refractivity contribution < 1.29 is 14.7 Å². The van der Waals surface area contributed by atoms with Gasteiger partial charge in [-0.05, 0) is 30.4 Å². The maximum atomic E-state index is 12.6.